The van der Waals surface area contributed by atoms with Gasteiger partial charge in [-0.05, 0) is 73.9 Å². The Morgan fingerprint density at radius 1 is 1.20 bits per heavy atom. The second kappa shape index (κ2) is 7.69. The summed E-state index contributed by atoms with van der Waals surface area (Å²) in [6.07, 6.45) is 10.7. The Bertz CT molecular complexity index is 1040. The van der Waals surface area contributed by atoms with E-state index in [9.17, 15) is 4.79 Å². The van der Waals surface area contributed by atoms with E-state index >= 15 is 0 Å². The number of thiophene rings is 1. The van der Waals surface area contributed by atoms with Gasteiger partial charge in [0.05, 0.1) is 10.3 Å². The Kier molecular flexibility index (Phi) is 5.01. The molecule has 0 atom stereocenters. The summed E-state index contributed by atoms with van der Waals surface area (Å²) < 4.78 is 0. The van der Waals surface area contributed by atoms with E-state index in [1.54, 1.807) is 17.7 Å². The summed E-state index contributed by atoms with van der Waals surface area (Å²) in [7, 11) is 2.17. The molecule has 30 heavy (non-hydrogen) atoms. The van der Waals surface area contributed by atoms with Crippen molar-refractivity contribution in [3.05, 3.63) is 40.5 Å². The molecule has 7 heteroatoms. The standard InChI is InChI=1S/C23H29N5OS/c1-16-6-14-30-19(16)22(29)28-12-9-23(10-13-28)7-3-17(4-8-23)27(2)21-18-5-11-24-20(18)25-15-26-21/h5-6,11,14-15,17H,3-4,7-10,12-13H2,1-2H3,(H,24,25,26). The van der Waals surface area contributed by atoms with Crippen LogP contribution in [0.2, 0.25) is 0 Å². The first kappa shape index (κ1) is 19.5. The molecule has 5 rings (SSSR count). The number of amides is 1. The van der Waals surface area contributed by atoms with Crippen LogP contribution in [-0.2, 0) is 0 Å². The number of carbonyl (C=O) groups is 1. The SMILES string of the molecule is Cc1ccsc1C(=O)N1CCC2(CCC(N(C)c3ncnc4[nH]ccc34)CC2)CC1. The molecule has 3 aromatic heterocycles. The Morgan fingerprint density at radius 3 is 2.67 bits per heavy atom. The van der Waals surface area contributed by atoms with Gasteiger partial charge in [-0.1, -0.05) is 0 Å². The number of rotatable bonds is 3. The first-order valence-corrected chi connectivity index (χ1v) is 11.8. The van der Waals surface area contributed by atoms with Gasteiger partial charge >= 0.3 is 0 Å². The minimum absolute atomic E-state index is 0.227. The van der Waals surface area contributed by atoms with Crippen LogP contribution in [0.5, 0.6) is 0 Å². The number of aromatic amines is 1. The van der Waals surface area contributed by atoms with Crippen LogP contribution in [0.3, 0.4) is 0 Å². The lowest BCUT2D eigenvalue weighted by molar-refractivity contribution is 0.0453. The molecule has 2 fully saturated rings. The van der Waals surface area contributed by atoms with Crippen LogP contribution in [0.25, 0.3) is 11.0 Å². The highest BCUT2D eigenvalue weighted by molar-refractivity contribution is 7.12. The minimum atomic E-state index is 0.227. The van der Waals surface area contributed by atoms with E-state index in [1.807, 2.05) is 24.6 Å². The molecule has 0 aromatic carbocycles. The number of aromatic nitrogens is 3. The van der Waals surface area contributed by atoms with E-state index in [0.29, 0.717) is 11.5 Å². The third kappa shape index (κ3) is 3.39. The molecule has 1 spiro atoms. The van der Waals surface area contributed by atoms with Crippen LogP contribution in [0.15, 0.2) is 30.0 Å². The van der Waals surface area contributed by atoms with Crippen molar-refractivity contribution < 1.29 is 4.79 Å². The highest BCUT2D eigenvalue weighted by Crippen LogP contribution is 2.46. The number of piperidine rings is 1. The Labute approximate surface area is 181 Å². The summed E-state index contributed by atoms with van der Waals surface area (Å²) >= 11 is 1.57. The van der Waals surface area contributed by atoms with E-state index in [0.717, 1.165) is 53.2 Å². The lowest BCUT2D eigenvalue weighted by Crippen LogP contribution is -2.46. The summed E-state index contributed by atoms with van der Waals surface area (Å²) in [5.74, 6) is 1.25. The van der Waals surface area contributed by atoms with Crippen LogP contribution >= 0.6 is 11.3 Å². The molecule has 1 aliphatic carbocycles. The zero-order valence-electron chi connectivity index (χ0n) is 17.7. The number of nitrogens with one attached hydrogen (secondary N) is 1. The van der Waals surface area contributed by atoms with Crippen LogP contribution < -0.4 is 4.90 Å². The fourth-order valence-corrected chi connectivity index (χ4v) is 6.23. The first-order valence-electron chi connectivity index (χ1n) is 10.9. The van der Waals surface area contributed by atoms with E-state index in [-0.39, 0.29) is 5.91 Å². The molecule has 0 radical (unpaired) electrons. The molecule has 4 heterocycles. The highest BCUT2D eigenvalue weighted by atomic mass is 32.1. The molecule has 1 N–H and O–H groups in total. The number of likely N-dealkylation sites (tertiary alicyclic amines) is 1. The average Bonchev–Trinajstić information content (AvgIpc) is 3.42. The van der Waals surface area contributed by atoms with Gasteiger partial charge in [0.2, 0.25) is 0 Å². The molecule has 1 saturated heterocycles. The fourth-order valence-electron chi connectivity index (χ4n) is 5.33. The molecule has 2 aliphatic rings. The molecule has 6 nitrogen and oxygen atoms in total. The van der Waals surface area contributed by atoms with Crippen molar-refractivity contribution in [3.63, 3.8) is 0 Å². The lowest BCUT2D eigenvalue weighted by Gasteiger charge is -2.47. The number of carbonyl (C=O) groups excluding carboxylic acids is 1. The zero-order chi connectivity index (χ0) is 20.7. The highest BCUT2D eigenvalue weighted by Gasteiger charge is 2.40. The van der Waals surface area contributed by atoms with Gasteiger partial charge in [0.25, 0.3) is 5.91 Å². The van der Waals surface area contributed by atoms with E-state index in [1.165, 1.54) is 25.7 Å². The second-order valence-corrected chi connectivity index (χ2v) is 9.92. The maximum Gasteiger partial charge on any atom is 0.264 e. The monoisotopic (exact) mass is 423 g/mol. The van der Waals surface area contributed by atoms with Crippen molar-refractivity contribution in [2.75, 3.05) is 25.0 Å². The smallest absolute Gasteiger partial charge is 0.264 e. The Balaban J connectivity index is 1.21. The first-order chi connectivity index (χ1) is 14.6. The second-order valence-electron chi connectivity index (χ2n) is 9.00. The number of hydrogen-bond acceptors (Lipinski definition) is 5. The van der Waals surface area contributed by atoms with Crippen molar-refractivity contribution in [2.24, 2.45) is 5.41 Å². The number of nitrogens with zero attached hydrogens (tertiary/aromatic N) is 4. The van der Waals surface area contributed by atoms with Crippen LogP contribution in [0.4, 0.5) is 5.82 Å². The minimum Gasteiger partial charge on any atom is -0.356 e. The maximum atomic E-state index is 12.9. The van der Waals surface area contributed by atoms with E-state index < -0.39 is 0 Å². The molecule has 0 bridgehead atoms. The largest absolute Gasteiger partial charge is 0.356 e. The summed E-state index contributed by atoms with van der Waals surface area (Å²) in [5.41, 5.74) is 2.42. The van der Waals surface area contributed by atoms with Crippen molar-refractivity contribution in [1.29, 1.82) is 0 Å². The van der Waals surface area contributed by atoms with Gasteiger partial charge in [0, 0.05) is 32.4 Å². The molecule has 3 aromatic rings. The lowest BCUT2D eigenvalue weighted by atomic mass is 9.66. The quantitative estimate of drug-likeness (QED) is 0.667. The summed E-state index contributed by atoms with van der Waals surface area (Å²) in [4.78, 5) is 30.3. The molecule has 1 amide bonds. The predicted octanol–water partition coefficient (Wildman–Crippen LogP) is 4.63. The van der Waals surface area contributed by atoms with Crippen LogP contribution in [0.1, 0.15) is 53.8 Å². The molecule has 1 saturated carbocycles. The van der Waals surface area contributed by atoms with Crippen molar-refractivity contribution in [2.45, 2.75) is 51.5 Å². The molecular formula is C23H29N5OS. The number of H-pyrrole nitrogens is 1. The van der Waals surface area contributed by atoms with Gasteiger partial charge in [-0.15, -0.1) is 11.3 Å². The third-order valence-corrected chi connectivity index (χ3v) is 8.40. The molecular weight excluding hydrogens is 394 g/mol. The normalized spacial score (nSPS) is 19.5. The average molecular weight is 424 g/mol. The number of anilines is 1. The van der Waals surface area contributed by atoms with Gasteiger partial charge in [-0.25, -0.2) is 9.97 Å². The van der Waals surface area contributed by atoms with Gasteiger partial charge in [-0.3, -0.25) is 4.79 Å². The molecule has 158 valence electrons. The predicted molar refractivity (Wildman–Crippen MR) is 121 cm³/mol. The van der Waals surface area contributed by atoms with Crippen molar-refractivity contribution >= 4 is 34.1 Å². The summed E-state index contributed by atoms with van der Waals surface area (Å²) in [6.45, 7) is 3.82. The van der Waals surface area contributed by atoms with E-state index in [2.05, 4.69) is 37.9 Å². The maximum absolute atomic E-state index is 12.9. The number of aryl methyl sites for hydroxylation is 1. The van der Waals surface area contributed by atoms with Crippen LogP contribution in [-0.4, -0.2) is 51.9 Å². The fraction of sp³-hybridized carbons (Fsp3) is 0.522. The van der Waals surface area contributed by atoms with Crippen molar-refractivity contribution in [3.8, 4) is 0 Å². The van der Waals surface area contributed by atoms with Crippen molar-refractivity contribution in [1.82, 2.24) is 19.9 Å². The number of hydrogen-bond donors (Lipinski definition) is 1. The molecule has 0 unspecified atom stereocenters. The Morgan fingerprint density at radius 2 is 1.97 bits per heavy atom. The van der Waals surface area contributed by atoms with Gasteiger partial charge < -0.3 is 14.8 Å². The number of fused-ring (bicyclic) bond motifs is 1. The molecule has 1 aliphatic heterocycles. The Hall–Kier alpha value is -2.41. The van der Waals surface area contributed by atoms with Crippen LogP contribution in [0, 0.1) is 12.3 Å². The summed E-state index contributed by atoms with van der Waals surface area (Å²) in [5, 5.41) is 3.11. The van der Waals surface area contributed by atoms with Gasteiger partial charge in [-0.2, -0.15) is 0 Å². The topological polar surface area (TPSA) is 65.1 Å². The third-order valence-electron chi connectivity index (χ3n) is 7.40. The van der Waals surface area contributed by atoms with Gasteiger partial charge in [0.1, 0.15) is 17.8 Å². The summed E-state index contributed by atoms with van der Waals surface area (Å²) in [6, 6.07) is 4.62. The van der Waals surface area contributed by atoms with E-state index in [4.69, 9.17) is 0 Å². The van der Waals surface area contributed by atoms with Gasteiger partial charge in [0.15, 0.2) is 0 Å². The zero-order valence-corrected chi connectivity index (χ0v) is 18.5.